The third kappa shape index (κ3) is 4.44. The molecule has 0 amide bonds. The number of fused-ring (bicyclic) bond motifs is 5. The quantitative estimate of drug-likeness (QED) is 0.216. The van der Waals surface area contributed by atoms with Crippen molar-refractivity contribution in [2.75, 3.05) is 5.88 Å². The molecule has 0 N–H and O–H groups in total. The molecule has 32 heavy (non-hydrogen) atoms. The average Bonchev–Trinajstić information content (AvgIpc) is 3.11. The molecule has 0 aromatic heterocycles. The van der Waals surface area contributed by atoms with Gasteiger partial charge in [0, 0.05) is 6.42 Å². The highest BCUT2D eigenvalue weighted by Gasteiger charge is 2.59. The summed E-state index contributed by atoms with van der Waals surface area (Å²) in [5.41, 5.74) is 2.44. The lowest BCUT2D eigenvalue weighted by molar-refractivity contribution is -0.148. The minimum atomic E-state index is -0.262. The molecule has 0 saturated heterocycles. The number of carbonyl (C=O) groups is 1. The van der Waals surface area contributed by atoms with Crippen LogP contribution in [0.15, 0.2) is 11.6 Å². The van der Waals surface area contributed by atoms with Crippen LogP contribution in [-0.4, -0.2) is 18.0 Å². The molecule has 4 aliphatic rings. The Morgan fingerprint density at radius 2 is 1.88 bits per heavy atom. The minimum Gasteiger partial charge on any atom is -0.461 e. The summed E-state index contributed by atoms with van der Waals surface area (Å²) in [6.07, 6.45) is 16.9. The number of esters is 1. The average molecular weight is 463 g/mol. The maximum atomic E-state index is 11.7. The van der Waals surface area contributed by atoms with Crippen LogP contribution >= 0.6 is 11.6 Å². The summed E-state index contributed by atoms with van der Waals surface area (Å²) in [5, 5.41) is 0. The Hall–Kier alpha value is -0.500. The lowest BCUT2D eigenvalue weighted by Gasteiger charge is -2.58. The molecule has 0 bridgehead atoms. The van der Waals surface area contributed by atoms with E-state index in [9.17, 15) is 4.79 Å². The Morgan fingerprint density at radius 3 is 2.59 bits per heavy atom. The molecule has 3 fully saturated rings. The third-order valence-corrected chi connectivity index (χ3v) is 10.9. The van der Waals surface area contributed by atoms with Gasteiger partial charge >= 0.3 is 5.97 Å². The molecule has 0 heterocycles. The van der Waals surface area contributed by atoms with Gasteiger partial charge in [-0.3, -0.25) is 4.79 Å². The van der Waals surface area contributed by atoms with Crippen LogP contribution in [0.2, 0.25) is 0 Å². The first kappa shape index (κ1) is 24.6. The summed E-state index contributed by atoms with van der Waals surface area (Å²) in [5.74, 6) is 4.92. The largest absolute Gasteiger partial charge is 0.461 e. The second kappa shape index (κ2) is 9.63. The fourth-order valence-corrected chi connectivity index (χ4v) is 9.03. The van der Waals surface area contributed by atoms with E-state index in [4.69, 9.17) is 16.3 Å². The summed E-state index contributed by atoms with van der Waals surface area (Å²) in [4.78, 5) is 11.7. The Morgan fingerprint density at radius 1 is 1.09 bits per heavy atom. The van der Waals surface area contributed by atoms with Crippen molar-refractivity contribution in [1.82, 2.24) is 0 Å². The summed E-state index contributed by atoms with van der Waals surface area (Å²) in [6.45, 7) is 12.5. The van der Waals surface area contributed by atoms with Crippen LogP contribution < -0.4 is 0 Å². The van der Waals surface area contributed by atoms with Gasteiger partial charge in [-0.1, -0.05) is 65.5 Å². The van der Waals surface area contributed by atoms with Gasteiger partial charge in [-0.05, 0) is 91.3 Å². The van der Waals surface area contributed by atoms with Crippen molar-refractivity contribution in [3.8, 4) is 0 Å². The number of hydrogen-bond acceptors (Lipinski definition) is 2. The zero-order chi connectivity index (χ0) is 23.1. The van der Waals surface area contributed by atoms with Gasteiger partial charge in [-0.25, -0.2) is 0 Å². The number of carbonyl (C=O) groups excluding carboxylic acids is 1. The minimum absolute atomic E-state index is 0.0329. The monoisotopic (exact) mass is 462 g/mol. The van der Waals surface area contributed by atoms with E-state index in [1.54, 1.807) is 5.57 Å². The van der Waals surface area contributed by atoms with Crippen LogP contribution in [0, 0.1) is 46.3 Å². The van der Waals surface area contributed by atoms with Gasteiger partial charge in [0.15, 0.2) is 0 Å². The van der Waals surface area contributed by atoms with E-state index in [1.807, 2.05) is 0 Å². The molecule has 4 aliphatic carbocycles. The van der Waals surface area contributed by atoms with Crippen LogP contribution in [0.1, 0.15) is 105 Å². The molecule has 0 aromatic carbocycles. The predicted octanol–water partition coefficient (Wildman–Crippen LogP) is 8.18. The molecular weight excluding hydrogens is 416 g/mol. The van der Waals surface area contributed by atoms with E-state index in [2.05, 4.69) is 40.7 Å². The first-order chi connectivity index (χ1) is 15.2. The third-order valence-electron chi connectivity index (χ3n) is 10.7. The fraction of sp³-hybridized carbons (Fsp3) is 0.897. The number of rotatable bonds is 7. The zero-order valence-corrected chi connectivity index (χ0v) is 22.1. The van der Waals surface area contributed by atoms with E-state index >= 15 is 0 Å². The lowest BCUT2D eigenvalue weighted by atomic mass is 9.47. The highest BCUT2D eigenvalue weighted by molar-refractivity contribution is 6.26. The van der Waals surface area contributed by atoms with E-state index in [0.29, 0.717) is 10.8 Å². The molecule has 8 atom stereocenters. The molecule has 182 valence electrons. The number of allylic oxidation sites excluding steroid dienone is 1. The highest BCUT2D eigenvalue weighted by Crippen LogP contribution is 2.67. The molecule has 0 spiro atoms. The summed E-state index contributed by atoms with van der Waals surface area (Å²) in [7, 11) is 0. The van der Waals surface area contributed by atoms with Crippen molar-refractivity contribution in [1.29, 1.82) is 0 Å². The summed E-state index contributed by atoms with van der Waals surface area (Å²) >= 11 is 5.68. The molecule has 0 radical (unpaired) electrons. The lowest BCUT2D eigenvalue weighted by Crippen LogP contribution is -2.51. The molecule has 2 nitrogen and oxygen atoms in total. The van der Waals surface area contributed by atoms with E-state index in [-0.39, 0.29) is 18.0 Å². The molecule has 3 heteroatoms. The summed E-state index contributed by atoms with van der Waals surface area (Å²) in [6, 6.07) is 0. The normalized spacial score (nSPS) is 42.0. The van der Waals surface area contributed by atoms with E-state index < -0.39 is 0 Å². The van der Waals surface area contributed by atoms with Crippen LogP contribution in [0.4, 0.5) is 0 Å². The van der Waals surface area contributed by atoms with Crippen molar-refractivity contribution >= 4 is 17.6 Å². The maximum absolute atomic E-state index is 11.7. The first-order valence-electron chi connectivity index (χ1n) is 13.6. The smallest absolute Gasteiger partial charge is 0.321 e. The molecule has 0 aromatic rings. The van der Waals surface area contributed by atoms with Crippen LogP contribution in [0.25, 0.3) is 0 Å². The first-order valence-corrected chi connectivity index (χ1v) is 14.2. The Kier molecular flexibility index (Phi) is 7.41. The van der Waals surface area contributed by atoms with Crippen LogP contribution in [-0.2, 0) is 9.53 Å². The standard InChI is InChI=1S/C29H47ClO2/c1-19(2)7-6-8-20(3)24-11-12-25-23-10-9-21-17-22(32-27(31)18-30)13-15-28(21,4)26(23)14-16-29(24,25)5/h9,19-20,22-26H,6-8,10-18H2,1-5H3/t20-,22-,23+,24+,25+,26-,28-,29+/m0/s1. The second-order valence-electron chi connectivity index (χ2n) is 12.8. The molecule has 0 aliphatic heterocycles. The van der Waals surface area contributed by atoms with Crippen LogP contribution in [0.3, 0.4) is 0 Å². The number of ether oxygens (including phenoxy) is 1. The van der Waals surface area contributed by atoms with Gasteiger partial charge in [0.25, 0.3) is 0 Å². The highest BCUT2D eigenvalue weighted by atomic mass is 35.5. The van der Waals surface area contributed by atoms with Crippen LogP contribution in [0.5, 0.6) is 0 Å². The fourth-order valence-electron chi connectivity index (χ4n) is 8.97. The molecule has 4 rings (SSSR count). The molecule has 3 saturated carbocycles. The van der Waals surface area contributed by atoms with Crippen molar-refractivity contribution in [2.24, 2.45) is 46.3 Å². The Bertz CT molecular complexity index is 714. The second-order valence-corrected chi connectivity index (χ2v) is 13.0. The van der Waals surface area contributed by atoms with Crippen molar-refractivity contribution in [3.63, 3.8) is 0 Å². The molecule has 0 unspecified atom stereocenters. The zero-order valence-electron chi connectivity index (χ0n) is 21.3. The van der Waals surface area contributed by atoms with Gasteiger partial charge in [-0.15, -0.1) is 11.6 Å². The van der Waals surface area contributed by atoms with Crippen molar-refractivity contribution in [2.45, 2.75) is 111 Å². The number of hydrogen-bond donors (Lipinski definition) is 0. The van der Waals surface area contributed by atoms with Crippen molar-refractivity contribution in [3.05, 3.63) is 11.6 Å². The maximum Gasteiger partial charge on any atom is 0.321 e. The van der Waals surface area contributed by atoms with E-state index in [0.717, 1.165) is 48.3 Å². The van der Waals surface area contributed by atoms with E-state index in [1.165, 1.54) is 57.8 Å². The molecular formula is C29H47ClO2. The van der Waals surface area contributed by atoms with Gasteiger partial charge in [0.2, 0.25) is 0 Å². The summed E-state index contributed by atoms with van der Waals surface area (Å²) < 4.78 is 5.63. The number of halogens is 1. The van der Waals surface area contributed by atoms with Gasteiger partial charge in [0.1, 0.15) is 12.0 Å². The topological polar surface area (TPSA) is 26.3 Å². The Balaban J connectivity index is 1.45. The van der Waals surface area contributed by atoms with Gasteiger partial charge in [-0.2, -0.15) is 0 Å². The van der Waals surface area contributed by atoms with Gasteiger partial charge < -0.3 is 4.74 Å². The SMILES string of the molecule is CC(C)CCC[C@H](C)[C@H]1CC[C@@H]2[C@H]3CC=C4C[C@@H](OC(=O)CCl)CC[C@]4(C)[C@H]3CC[C@@]21C. The van der Waals surface area contributed by atoms with Crippen molar-refractivity contribution < 1.29 is 9.53 Å². The number of alkyl halides is 1. The van der Waals surface area contributed by atoms with Gasteiger partial charge in [0.05, 0.1) is 0 Å². The predicted molar refractivity (Wildman–Crippen MR) is 134 cm³/mol. The Labute approximate surface area is 202 Å².